The summed E-state index contributed by atoms with van der Waals surface area (Å²) in [6.07, 6.45) is 0.262. The molecule has 0 radical (unpaired) electrons. The van der Waals surface area contributed by atoms with Crippen molar-refractivity contribution in [3.63, 3.8) is 0 Å². The molecule has 1 heterocycles. The molecule has 0 aromatic heterocycles. The first-order chi connectivity index (χ1) is 8.58. The van der Waals surface area contributed by atoms with E-state index in [1.54, 1.807) is 12.1 Å². The van der Waals surface area contributed by atoms with Gasteiger partial charge in [-0.15, -0.1) is 0 Å². The molecule has 1 saturated heterocycles. The third-order valence-corrected chi connectivity index (χ3v) is 3.70. The zero-order valence-electron chi connectivity index (χ0n) is 10.1. The molecule has 0 bridgehead atoms. The van der Waals surface area contributed by atoms with E-state index in [1.165, 1.54) is 16.7 Å². The third kappa shape index (κ3) is 2.79. The number of hydrogen-bond acceptors (Lipinski definition) is 4. The van der Waals surface area contributed by atoms with E-state index < -0.39 is 0 Å². The highest BCUT2D eigenvalue weighted by molar-refractivity contribution is 8.14. The van der Waals surface area contributed by atoms with Crippen LogP contribution in [-0.4, -0.2) is 34.1 Å². The van der Waals surface area contributed by atoms with Gasteiger partial charge in [-0.25, -0.2) is 0 Å². The minimum absolute atomic E-state index is 0.00694. The SMILES string of the molecule is Cc1ccc(C(=O)CCN2C(=N)SCC2=O)cc1. The lowest BCUT2D eigenvalue weighted by molar-refractivity contribution is -0.124. The first kappa shape index (κ1) is 12.8. The maximum Gasteiger partial charge on any atom is 0.239 e. The summed E-state index contributed by atoms with van der Waals surface area (Å²) in [5, 5.41) is 7.82. The number of thioether (sulfide) groups is 1. The lowest BCUT2D eigenvalue weighted by Gasteiger charge is -2.13. The van der Waals surface area contributed by atoms with Crippen molar-refractivity contribution in [2.45, 2.75) is 13.3 Å². The monoisotopic (exact) mass is 262 g/mol. The summed E-state index contributed by atoms with van der Waals surface area (Å²) in [5.74, 6) is 0.242. The molecule has 94 valence electrons. The van der Waals surface area contributed by atoms with Crippen LogP contribution in [0.15, 0.2) is 24.3 Å². The van der Waals surface area contributed by atoms with E-state index >= 15 is 0 Å². The van der Waals surface area contributed by atoms with Gasteiger partial charge in [0, 0.05) is 18.5 Å². The summed E-state index contributed by atoms with van der Waals surface area (Å²) < 4.78 is 0. The van der Waals surface area contributed by atoms with Crippen molar-refractivity contribution in [3.05, 3.63) is 35.4 Å². The number of rotatable bonds is 4. The Balaban J connectivity index is 1.94. The van der Waals surface area contributed by atoms with E-state index in [2.05, 4.69) is 0 Å². The number of aryl methyl sites for hydroxylation is 1. The van der Waals surface area contributed by atoms with Crippen LogP contribution in [0.4, 0.5) is 0 Å². The summed E-state index contributed by atoms with van der Waals surface area (Å²) in [5.41, 5.74) is 1.77. The second-order valence-electron chi connectivity index (χ2n) is 4.18. The minimum Gasteiger partial charge on any atom is -0.294 e. The van der Waals surface area contributed by atoms with Gasteiger partial charge in [-0.1, -0.05) is 41.6 Å². The Labute approximate surface area is 110 Å². The number of hydrogen-bond donors (Lipinski definition) is 1. The summed E-state index contributed by atoms with van der Waals surface area (Å²) in [6.45, 7) is 2.27. The zero-order chi connectivity index (χ0) is 13.1. The Morgan fingerprint density at radius 3 is 2.61 bits per heavy atom. The Hall–Kier alpha value is -1.62. The van der Waals surface area contributed by atoms with Gasteiger partial charge in [0.2, 0.25) is 5.91 Å². The number of Topliss-reactive ketones (excluding diaryl/α,β-unsaturated/α-hetero) is 1. The molecule has 0 atom stereocenters. The number of benzene rings is 1. The molecule has 2 rings (SSSR count). The molecule has 4 nitrogen and oxygen atoms in total. The van der Waals surface area contributed by atoms with Crippen LogP contribution in [0.3, 0.4) is 0 Å². The van der Waals surface area contributed by atoms with E-state index in [4.69, 9.17) is 5.41 Å². The number of nitrogens with one attached hydrogen (secondary N) is 1. The van der Waals surface area contributed by atoms with Gasteiger partial charge in [0.15, 0.2) is 11.0 Å². The summed E-state index contributed by atoms with van der Waals surface area (Å²) in [4.78, 5) is 24.7. The average molecular weight is 262 g/mol. The largest absolute Gasteiger partial charge is 0.294 e. The second kappa shape index (κ2) is 5.35. The number of amides is 1. The maximum absolute atomic E-state index is 11.9. The van der Waals surface area contributed by atoms with Crippen LogP contribution in [0.25, 0.3) is 0 Å². The number of carbonyl (C=O) groups excluding carboxylic acids is 2. The van der Waals surface area contributed by atoms with Gasteiger partial charge in [0.25, 0.3) is 0 Å². The van der Waals surface area contributed by atoms with Crippen LogP contribution in [0, 0.1) is 12.3 Å². The van der Waals surface area contributed by atoms with Crippen molar-refractivity contribution in [1.29, 1.82) is 5.41 Å². The fraction of sp³-hybridized carbons (Fsp3) is 0.308. The summed E-state index contributed by atoms with van der Waals surface area (Å²) in [6, 6.07) is 7.38. The molecule has 0 saturated carbocycles. The highest BCUT2D eigenvalue weighted by Crippen LogP contribution is 2.18. The maximum atomic E-state index is 11.9. The molecule has 18 heavy (non-hydrogen) atoms. The highest BCUT2D eigenvalue weighted by atomic mass is 32.2. The Bertz CT molecular complexity index is 480. The molecule has 0 spiro atoms. The van der Waals surface area contributed by atoms with E-state index in [0.29, 0.717) is 17.9 Å². The van der Waals surface area contributed by atoms with Gasteiger partial charge < -0.3 is 0 Å². The van der Waals surface area contributed by atoms with Crippen molar-refractivity contribution >= 4 is 28.6 Å². The van der Waals surface area contributed by atoms with Crippen molar-refractivity contribution in [2.75, 3.05) is 12.3 Å². The second-order valence-corrected chi connectivity index (χ2v) is 5.14. The normalized spacial score (nSPS) is 15.3. The van der Waals surface area contributed by atoms with Crippen molar-refractivity contribution in [1.82, 2.24) is 4.90 Å². The van der Waals surface area contributed by atoms with E-state index in [-0.39, 0.29) is 23.3 Å². The molecule has 1 fully saturated rings. The molecule has 0 aliphatic carbocycles. The minimum atomic E-state index is -0.0818. The quantitative estimate of drug-likeness (QED) is 0.845. The molecule has 1 aromatic carbocycles. The lowest BCUT2D eigenvalue weighted by Crippen LogP contribution is -2.31. The number of nitrogens with zero attached hydrogens (tertiary/aromatic N) is 1. The third-order valence-electron chi connectivity index (χ3n) is 2.81. The van der Waals surface area contributed by atoms with Crippen LogP contribution >= 0.6 is 11.8 Å². The van der Waals surface area contributed by atoms with Crippen molar-refractivity contribution < 1.29 is 9.59 Å². The number of carbonyl (C=O) groups is 2. The topological polar surface area (TPSA) is 61.2 Å². The molecule has 5 heteroatoms. The average Bonchev–Trinajstić information content (AvgIpc) is 2.67. The van der Waals surface area contributed by atoms with Gasteiger partial charge in [-0.3, -0.25) is 19.9 Å². The molecular formula is C13H14N2O2S. The summed E-state index contributed by atoms with van der Waals surface area (Å²) in [7, 11) is 0. The van der Waals surface area contributed by atoms with Crippen LogP contribution in [0.1, 0.15) is 22.3 Å². The van der Waals surface area contributed by atoms with Gasteiger partial charge >= 0.3 is 0 Å². The molecule has 1 aliphatic rings. The standard InChI is InChI=1S/C13H14N2O2S/c1-9-2-4-10(5-3-9)11(16)6-7-15-12(17)8-18-13(15)14/h2-5,14H,6-8H2,1H3. The van der Waals surface area contributed by atoms with E-state index in [0.717, 1.165) is 5.56 Å². The first-order valence-corrected chi connectivity index (χ1v) is 6.68. The fourth-order valence-electron chi connectivity index (χ4n) is 1.72. The molecule has 1 aromatic rings. The predicted octanol–water partition coefficient (Wildman–Crippen LogP) is 2.08. The zero-order valence-corrected chi connectivity index (χ0v) is 10.9. The fourth-order valence-corrected chi connectivity index (χ4v) is 2.49. The first-order valence-electron chi connectivity index (χ1n) is 5.69. The Morgan fingerprint density at radius 2 is 2.06 bits per heavy atom. The molecule has 1 amide bonds. The highest BCUT2D eigenvalue weighted by Gasteiger charge is 2.26. The predicted molar refractivity (Wildman–Crippen MR) is 72.0 cm³/mol. The van der Waals surface area contributed by atoms with Crippen molar-refractivity contribution in [3.8, 4) is 0 Å². The Kier molecular flexibility index (Phi) is 3.81. The van der Waals surface area contributed by atoms with Crippen LogP contribution in [-0.2, 0) is 4.79 Å². The van der Waals surface area contributed by atoms with Crippen LogP contribution in [0.5, 0.6) is 0 Å². The van der Waals surface area contributed by atoms with Gasteiger partial charge in [-0.05, 0) is 6.92 Å². The van der Waals surface area contributed by atoms with Gasteiger partial charge in [0.05, 0.1) is 5.75 Å². The summed E-state index contributed by atoms with van der Waals surface area (Å²) >= 11 is 1.21. The van der Waals surface area contributed by atoms with Gasteiger partial charge in [-0.2, -0.15) is 0 Å². The number of ketones is 1. The van der Waals surface area contributed by atoms with Gasteiger partial charge in [0.1, 0.15) is 0 Å². The van der Waals surface area contributed by atoms with E-state index in [9.17, 15) is 9.59 Å². The molecule has 1 N–H and O–H groups in total. The lowest BCUT2D eigenvalue weighted by atomic mass is 10.1. The van der Waals surface area contributed by atoms with Crippen molar-refractivity contribution in [2.24, 2.45) is 0 Å². The van der Waals surface area contributed by atoms with Crippen LogP contribution < -0.4 is 0 Å². The molecule has 0 unspecified atom stereocenters. The van der Waals surface area contributed by atoms with E-state index in [1.807, 2.05) is 19.1 Å². The van der Waals surface area contributed by atoms with Crippen LogP contribution in [0.2, 0.25) is 0 Å². The molecule has 1 aliphatic heterocycles. The Morgan fingerprint density at radius 1 is 1.39 bits per heavy atom. The number of amidine groups is 1. The smallest absolute Gasteiger partial charge is 0.239 e. The molecular weight excluding hydrogens is 248 g/mol.